The highest BCUT2D eigenvalue weighted by Gasteiger charge is 2.22. The molecule has 9 nitrogen and oxygen atoms in total. The Bertz CT molecular complexity index is 1170. The van der Waals surface area contributed by atoms with Gasteiger partial charge in [-0.25, -0.2) is 9.97 Å². The van der Waals surface area contributed by atoms with E-state index in [4.69, 9.17) is 23.7 Å². The number of methoxy groups -OCH3 is 1. The molecule has 3 aromatic rings. The molecule has 0 N–H and O–H groups in total. The third-order valence-corrected chi connectivity index (χ3v) is 6.42. The van der Waals surface area contributed by atoms with Crippen LogP contribution in [-0.4, -0.2) is 80.0 Å². The zero-order chi connectivity index (χ0) is 23.5. The molecule has 0 aliphatic carbocycles. The van der Waals surface area contributed by atoms with Crippen LogP contribution in [0.25, 0.3) is 10.9 Å². The van der Waals surface area contributed by atoms with Gasteiger partial charge in [-0.05, 0) is 31.7 Å². The van der Waals surface area contributed by atoms with E-state index in [-0.39, 0.29) is 6.79 Å². The van der Waals surface area contributed by atoms with E-state index < -0.39 is 0 Å². The van der Waals surface area contributed by atoms with E-state index in [0.717, 1.165) is 43.6 Å². The molecule has 1 fully saturated rings. The molecule has 0 unspecified atom stereocenters. The molecule has 10 heteroatoms. The molecule has 0 spiro atoms. The standard InChI is InChI=1S/C24H27BrN4O5/c1-28-5-7-29(8-6-28)4-3-9-31-20-13-18-17(12-19(20)30-2)24(27-14-26-18)34-22-11-16(25)10-21-23(22)33-15-32-21/h10-14H,3-9,15H2,1-2H3. The number of piperazine rings is 1. The summed E-state index contributed by atoms with van der Waals surface area (Å²) in [6.07, 6.45) is 2.41. The second-order valence-electron chi connectivity index (χ2n) is 8.29. The van der Waals surface area contributed by atoms with Crippen LogP contribution in [0.1, 0.15) is 6.42 Å². The number of fused-ring (bicyclic) bond motifs is 2. The van der Waals surface area contributed by atoms with E-state index >= 15 is 0 Å². The Morgan fingerprint density at radius 2 is 1.85 bits per heavy atom. The molecule has 0 amide bonds. The Morgan fingerprint density at radius 3 is 2.68 bits per heavy atom. The van der Waals surface area contributed by atoms with Gasteiger partial charge in [-0.1, -0.05) is 15.9 Å². The normalized spacial score (nSPS) is 16.1. The van der Waals surface area contributed by atoms with E-state index in [1.54, 1.807) is 7.11 Å². The molecule has 1 saturated heterocycles. The van der Waals surface area contributed by atoms with Crippen molar-refractivity contribution in [3.63, 3.8) is 0 Å². The Balaban J connectivity index is 1.31. The summed E-state index contributed by atoms with van der Waals surface area (Å²) in [6.45, 7) is 6.21. The van der Waals surface area contributed by atoms with E-state index in [9.17, 15) is 0 Å². The topological polar surface area (TPSA) is 78.4 Å². The van der Waals surface area contributed by atoms with Gasteiger partial charge in [0.2, 0.25) is 18.4 Å². The van der Waals surface area contributed by atoms with Gasteiger partial charge in [0.05, 0.1) is 24.6 Å². The van der Waals surface area contributed by atoms with Crippen LogP contribution in [0.3, 0.4) is 0 Å². The lowest BCUT2D eigenvalue weighted by molar-refractivity contribution is 0.145. The SMILES string of the molecule is COc1cc2c(Oc3cc(Br)cc4c3OCO4)ncnc2cc1OCCCN1CCN(C)CC1. The predicted molar refractivity (Wildman–Crippen MR) is 130 cm³/mol. The van der Waals surface area contributed by atoms with Gasteiger partial charge in [-0.15, -0.1) is 0 Å². The van der Waals surface area contributed by atoms with Gasteiger partial charge < -0.3 is 33.5 Å². The molecule has 2 aliphatic rings. The first-order chi connectivity index (χ1) is 16.6. The van der Waals surface area contributed by atoms with Crippen LogP contribution in [0.15, 0.2) is 35.1 Å². The van der Waals surface area contributed by atoms with Crippen LogP contribution in [0.2, 0.25) is 0 Å². The third-order valence-electron chi connectivity index (χ3n) is 5.97. The summed E-state index contributed by atoms with van der Waals surface area (Å²) in [6, 6.07) is 7.36. The first-order valence-corrected chi connectivity index (χ1v) is 12.0. The van der Waals surface area contributed by atoms with Crippen molar-refractivity contribution in [2.45, 2.75) is 6.42 Å². The molecule has 1 aromatic heterocycles. The molecule has 180 valence electrons. The van der Waals surface area contributed by atoms with Crippen molar-refractivity contribution in [1.82, 2.24) is 19.8 Å². The summed E-state index contributed by atoms with van der Waals surface area (Å²) >= 11 is 3.48. The summed E-state index contributed by atoms with van der Waals surface area (Å²) < 4.78 is 29.7. The smallest absolute Gasteiger partial charge is 0.231 e. The Morgan fingerprint density at radius 1 is 1.00 bits per heavy atom. The van der Waals surface area contributed by atoms with Gasteiger partial charge in [-0.2, -0.15) is 0 Å². The van der Waals surface area contributed by atoms with Crippen molar-refractivity contribution in [3.05, 3.63) is 35.1 Å². The van der Waals surface area contributed by atoms with Gasteiger partial charge in [0, 0.05) is 43.3 Å². The van der Waals surface area contributed by atoms with Crippen LogP contribution in [0.5, 0.6) is 34.6 Å². The minimum Gasteiger partial charge on any atom is -0.493 e. The molecule has 0 bridgehead atoms. The fraction of sp³-hybridized carbons (Fsp3) is 0.417. The van der Waals surface area contributed by atoms with Crippen molar-refractivity contribution in [2.24, 2.45) is 0 Å². The number of halogens is 1. The largest absolute Gasteiger partial charge is 0.493 e. The number of nitrogens with zero attached hydrogens (tertiary/aromatic N) is 4. The summed E-state index contributed by atoms with van der Waals surface area (Å²) in [4.78, 5) is 13.6. The number of hydrogen-bond acceptors (Lipinski definition) is 9. The number of ether oxygens (including phenoxy) is 5. The highest BCUT2D eigenvalue weighted by molar-refractivity contribution is 9.10. The van der Waals surface area contributed by atoms with Gasteiger partial charge in [0.15, 0.2) is 23.0 Å². The summed E-state index contributed by atoms with van der Waals surface area (Å²) in [5, 5.41) is 0.705. The lowest BCUT2D eigenvalue weighted by atomic mass is 10.2. The third kappa shape index (κ3) is 4.98. The predicted octanol–water partition coefficient (Wildman–Crippen LogP) is 3.94. The van der Waals surface area contributed by atoms with Crippen molar-refractivity contribution in [2.75, 3.05) is 60.3 Å². The van der Waals surface area contributed by atoms with Gasteiger partial charge in [0.1, 0.15) is 6.33 Å². The zero-order valence-electron chi connectivity index (χ0n) is 19.3. The maximum absolute atomic E-state index is 6.14. The van der Waals surface area contributed by atoms with E-state index in [0.29, 0.717) is 52.1 Å². The van der Waals surface area contributed by atoms with Crippen LogP contribution in [0, 0.1) is 0 Å². The maximum atomic E-state index is 6.14. The van der Waals surface area contributed by atoms with Crippen LogP contribution >= 0.6 is 15.9 Å². The molecule has 34 heavy (non-hydrogen) atoms. The van der Waals surface area contributed by atoms with Crippen molar-refractivity contribution >= 4 is 26.8 Å². The number of rotatable bonds is 8. The lowest BCUT2D eigenvalue weighted by Gasteiger charge is -2.32. The minimum atomic E-state index is 0.149. The number of benzene rings is 2. The molecule has 5 rings (SSSR count). The van der Waals surface area contributed by atoms with Crippen LogP contribution < -0.4 is 23.7 Å². The Hall–Kier alpha value is -2.82. The first-order valence-electron chi connectivity index (χ1n) is 11.2. The average Bonchev–Trinajstić information content (AvgIpc) is 3.31. The van der Waals surface area contributed by atoms with Gasteiger partial charge in [0.25, 0.3) is 0 Å². The lowest BCUT2D eigenvalue weighted by Crippen LogP contribution is -2.44. The monoisotopic (exact) mass is 530 g/mol. The minimum absolute atomic E-state index is 0.149. The van der Waals surface area contributed by atoms with Gasteiger partial charge >= 0.3 is 0 Å². The molecule has 3 heterocycles. The van der Waals surface area contributed by atoms with Crippen LogP contribution in [0.4, 0.5) is 0 Å². The number of likely N-dealkylation sites (N-methyl/N-ethyl adjacent to an activating group) is 1. The van der Waals surface area contributed by atoms with Gasteiger partial charge in [-0.3, -0.25) is 0 Å². The second-order valence-corrected chi connectivity index (χ2v) is 9.20. The first kappa shape index (κ1) is 22.9. The number of aromatic nitrogens is 2. The van der Waals surface area contributed by atoms with Crippen LogP contribution in [-0.2, 0) is 0 Å². The Labute approximate surface area is 206 Å². The average molecular weight is 531 g/mol. The quantitative estimate of drug-likeness (QED) is 0.402. The zero-order valence-corrected chi connectivity index (χ0v) is 20.8. The molecule has 0 radical (unpaired) electrons. The second kappa shape index (κ2) is 10.2. The summed E-state index contributed by atoms with van der Waals surface area (Å²) in [5.74, 6) is 3.31. The van der Waals surface area contributed by atoms with E-state index in [1.807, 2.05) is 24.3 Å². The molecule has 2 aromatic carbocycles. The Kier molecular flexibility index (Phi) is 6.89. The van der Waals surface area contributed by atoms with Crippen molar-refractivity contribution in [3.8, 4) is 34.6 Å². The molecular weight excluding hydrogens is 504 g/mol. The summed E-state index contributed by atoms with van der Waals surface area (Å²) in [5.41, 5.74) is 0.698. The molecule has 2 aliphatic heterocycles. The summed E-state index contributed by atoms with van der Waals surface area (Å²) in [7, 11) is 3.79. The van der Waals surface area contributed by atoms with E-state index in [1.165, 1.54) is 6.33 Å². The molecular formula is C24H27BrN4O5. The van der Waals surface area contributed by atoms with Crippen molar-refractivity contribution < 1.29 is 23.7 Å². The molecule has 0 atom stereocenters. The van der Waals surface area contributed by atoms with E-state index in [2.05, 4.69) is 42.7 Å². The van der Waals surface area contributed by atoms with Crippen molar-refractivity contribution in [1.29, 1.82) is 0 Å². The maximum Gasteiger partial charge on any atom is 0.231 e. The fourth-order valence-corrected chi connectivity index (χ4v) is 4.48. The highest BCUT2D eigenvalue weighted by atomic mass is 79.9. The highest BCUT2D eigenvalue weighted by Crippen LogP contribution is 2.46. The fourth-order valence-electron chi connectivity index (χ4n) is 4.06. The molecule has 0 saturated carbocycles. The number of hydrogen-bond donors (Lipinski definition) is 0.